The van der Waals surface area contributed by atoms with Gasteiger partial charge in [-0.3, -0.25) is 4.79 Å². The summed E-state index contributed by atoms with van der Waals surface area (Å²) in [5.74, 6) is 0.581. The number of anilines is 3. The number of rotatable bonds is 4. The van der Waals surface area contributed by atoms with Crippen LogP contribution in [0.3, 0.4) is 0 Å². The Hall–Kier alpha value is -3.21. The largest absolute Gasteiger partial charge is 0.378 e. The highest BCUT2D eigenvalue weighted by Crippen LogP contribution is 2.33. The number of amides is 1. The number of nitrogens with zero attached hydrogens (tertiary/aromatic N) is 4. The molecule has 3 aliphatic heterocycles. The maximum atomic E-state index is 13.4. The van der Waals surface area contributed by atoms with E-state index in [1.165, 1.54) is 5.56 Å². The van der Waals surface area contributed by atoms with Gasteiger partial charge in [-0.2, -0.15) is 4.98 Å². The third kappa shape index (κ3) is 4.40. The molecule has 0 aliphatic carbocycles. The number of morpholine rings is 1. The summed E-state index contributed by atoms with van der Waals surface area (Å²) in [4.78, 5) is 30.6. The lowest BCUT2D eigenvalue weighted by molar-refractivity contribution is -0.169. The number of benzene rings is 1. The quantitative estimate of drug-likeness (QED) is 0.573. The standard InChI is InChI=1S/C26H32N6O4/c1-17-18(2)27-21-4-3-19(15-20(17)21)28-24(33)22-16-23(30-25(29-22)32-9-11-34-12-10-32)31-7-5-26(6-8-31)35-13-14-36-26/h3-4,15-16,27H,5-14H2,1-2H3,(H,28,33). The van der Waals surface area contributed by atoms with E-state index < -0.39 is 5.79 Å². The molecule has 2 aromatic heterocycles. The van der Waals surface area contributed by atoms with E-state index in [1.807, 2.05) is 18.2 Å². The lowest BCUT2D eigenvalue weighted by atomic mass is 10.0. The summed E-state index contributed by atoms with van der Waals surface area (Å²) in [5.41, 5.74) is 4.44. The molecule has 10 heteroatoms. The van der Waals surface area contributed by atoms with Gasteiger partial charge in [-0.15, -0.1) is 0 Å². The molecule has 3 fully saturated rings. The maximum absolute atomic E-state index is 13.4. The fourth-order valence-corrected chi connectivity index (χ4v) is 5.20. The highest BCUT2D eigenvalue weighted by molar-refractivity contribution is 6.04. The first kappa shape index (κ1) is 23.2. The Balaban J connectivity index is 1.27. The van der Waals surface area contributed by atoms with Crippen molar-refractivity contribution < 1.29 is 19.0 Å². The van der Waals surface area contributed by atoms with Gasteiger partial charge in [0.05, 0.1) is 26.4 Å². The van der Waals surface area contributed by atoms with Gasteiger partial charge in [-0.05, 0) is 37.6 Å². The van der Waals surface area contributed by atoms with Gasteiger partial charge in [-0.25, -0.2) is 4.98 Å². The van der Waals surface area contributed by atoms with Crippen molar-refractivity contribution in [3.8, 4) is 0 Å². The van der Waals surface area contributed by atoms with Gasteiger partial charge in [0.1, 0.15) is 11.5 Å². The summed E-state index contributed by atoms with van der Waals surface area (Å²) in [6.45, 7) is 9.52. The van der Waals surface area contributed by atoms with Crippen LogP contribution >= 0.6 is 0 Å². The van der Waals surface area contributed by atoms with Crippen LogP contribution in [0, 0.1) is 13.8 Å². The van der Waals surface area contributed by atoms with Crippen LogP contribution in [0.4, 0.5) is 17.5 Å². The first-order valence-electron chi connectivity index (χ1n) is 12.6. The predicted octanol–water partition coefficient (Wildman–Crippen LogP) is 3.01. The normalized spacial score (nSPS) is 19.8. The van der Waals surface area contributed by atoms with Gasteiger partial charge in [-0.1, -0.05) is 0 Å². The Morgan fingerprint density at radius 1 is 0.972 bits per heavy atom. The molecule has 2 N–H and O–H groups in total. The number of H-pyrrole nitrogens is 1. The summed E-state index contributed by atoms with van der Waals surface area (Å²) >= 11 is 0. The van der Waals surface area contributed by atoms with Crippen LogP contribution in [0.15, 0.2) is 24.3 Å². The minimum atomic E-state index is -0.468. The number of carbonyl (C=O) groups is 1. The second-order valence-electron chi connectivity index (χ2n) is 9.69. The molecule has 36 heavy (non-hydrogen) atoms. The van der Waals surface area contributed by atoms with Crippen molar-refractivity contribution in [3.63, 3.8) is 0 Å². The molecule has 0 atom stereocenters. The van der Waals surface area contributed by atoms with Gasteiger partial charge in [0.25, 0.3) is 5.91 Å². The lowest BCUT2D eigenvalue weighted by Gasteiger charge is -2.38. The average molecular weight is 493 g/mol. The van der Waals surface area contributed by atoms with Crippen LogP contribution in [0.2, 0.25) is 0 Å². The number of fused-ring (bicyclic) bond motifs is 1. The summed E-state index contributed by atoms with van der Waals surface area (Å²) in [6, 6.07) is 7.69. The van der Waals surface area contributed by atoms with E-state index in [4.69, 9.17) is 19.2 Å². The van der Waals surface area contributed by atoms with Crippen molar-refractivity contribution in [1.82, 2.24) is 15.0 Å². The number of aromatic nitrogens is 3. The van der Waals surface area contributed by atoms with E-state index in [2.05, 4.69) is 38.9 Å². The molecular weight excluding hydrogens is 460 g/mol. The number of aromatic amines is 1. The van der Waals surface area contributed by atoms with Crippen LogP contribution < -0.4 is 15.1 Å². The maximum Gasteiger partial charge on any atom is 0.274 e. The van der Waals surface area contributed by atoms with E-state index in [1.54, 1.807) is 6.07 Å². The number of piperidine rings is 1. The highest BCUT2D eigenvalue weighted by atomic mass is 16.7. The summed E-state index contributed by atoms with van der Waals surface area (Å²) in [5, 5.41) is 4.14. The van der Waals surface area contributed by atoms with E-state index in [9.17, 15) is 4.79 Å². The van der Waals surface area contributed by atoms with Crippen LogP contribution in [0.1, 0.15) is 34.6 Å². The number of aryl methyl sites for hydroxylation is 2. The van der Waals surface area contributed by atoms with E-state index in [0.29, 0.717) is 51.2 Å². The third-order valence-electron chi connectivity index (χ3n) is 7.46. The number of nitrogens with one attached hydrogen (secondary N) is 2. The molecule has 3 aromatic rings. The molecule has 0 radical (unpaired) electrons. The van der Waals surface area contributed by atoms with Crippen LogP contribution in [0.25, 0.3) is 10.9 Å². The molecule has 1 amide bonds. The zero-order valence-corrected chi connectivity index (χ0v) is 20.8. The van der Waals surface area contributed by atoms with Crippen LogP contribution in [-0.2, 0) is 14.2 Å². The molecule has 0 bridgehead atoms. The second-order valence-corrected chi connectivity index (χ2v) is 9.69. The Morgan fingerprint density at radius 3 is 2.47 bits per heavy atom. The molecule has 3 aliphatic rings. The van der Waals surface area contributed by atoms with Gasteiger partial charge in [0.2, 0.25) is 5.95 Å². The van der Waals surface area contributed by atoms with Gasteiger partial charge in [0, 0.05) is 67.4 Å². The molecule has 5 heterocycles. The number of hydrogen-bond donors (Lipinski definition) is 2. The first-order chi connectivity index (χ1) is 17.5. The SMILES string of the molecule is Cc1[nH]c2ccc(NC(=O)c3cc(N4CCC5(CC4)OCCO5)nc(N4CCOCC4)n3)cc2c1C. The number of ether oxygens (including phenoxy) is 3. The Morgan fingerprint density at radius 2 is 1.72 bits per heavy atom. The minimum absolute atomic E-state index is 0.256. The topological polar surface area (TPSA) is 105 Å². The Bertz CT molecular complexity index is 1270. The molecular formula is C26H32N6O4. The number of carbonyl (C=O) groups excluding carboxylic acids is 1. The van der Waals surface area contributed by atoms with E-state index in [-0.39, 0.29) is 5.91 Å². The second kappa shape index (κ2) is 9.34. The zero-order valence-electron chi connectivity index (χ0n) is 20.8. The zero-order chi connectivity index (χ0) is 24.7. The lowest BCUT2D eigenvalue weighted by Crippen LogP contribution is -2.45. The molecule has 6 rings (SSSR count). The van der Waals surface area contributed by atoms with Crippen LogP contribution in [0.5, 0.6) is 0 Å². The van der Waals surface area contributed by atoms with Gasteiger partial charge in [0.15, 0.2) is 5.79 Å². The molecule has 1 spiro atoms. The Kier molecular flexibility index (Phi) is 6.02. The van der Waals surface area contributed by atoms with Crippen molar-refractivity contribution in [2.24, 2.45) is 0 Å². The molecule has 0 unspecified atom stereocenters. The molecule has 3 saturated heterocycles. The minimum Gasteiger partial charge on any atom is -0.378 e. The van der Waals surface area contributed by atoms with Crippen molar-refractivity contribution in [2.45, 2.75) is 32.5 Å². The molecule has 190 valence electrons. The average Bonchev–Trinajstić information content (AvgIpc) is 3.48. The molecule has 1 aromatic carbocycles. The Labute approximate surface area is 209 Å². The van der Waals surface area contributed by atoms with Crippen molar-refractivity contribution in [3.05, 3.63) is 41.2 Å². The summed E-state index contributed by atoms with van der Waals surface area (Å²) in [6.07, 6.45) is 1.53. The van der Waals surface area contributed by atoms with Gasteiger partial charge >= 0.3 is 0 Å². The fraction of sp³-hybridized carbons (Fsp3) is 0.500. The highest BCUT2D eigenvalue weighted by Gasteiger charge is 2.40. The summed E-state index contributed by atoms with van der Waals surface area (Å²) < 4.78 is 17.3. The van der Waals surface area contributed by atoms with Crippen molar-refractivity contribution in [2.75, 3.05) is 67.7 Å². The van der Waals surface area contributed by atoms with Crippen molar-refractivity contribution >= 4 is 34.3 Å². The van der Waals surface area contributed by atoms with E-state index in [0.717, 1.165) is 54.0 Å². The predicted molar refractivity (Wildman–Crippen MR) is 137 cm³/mol. The van der Waals surface area contributed by atoms with E-state index >= 15 is 0 Å². The first-order valence-corrected chi connectivity index (χ1v) is 12.6. The fourth-order valence-electron chi connectivity index (χ4n) is 5.20. The smallest absolute Gasteiger partial charge is 0.274 e. The van der Waals surface area contributed by atoms with Gasteiger partial charge < -0.3 is 34.3 Å². The monoisotopic (exact) mass is 492 g/mol. The van der Waals surface area contributed by atoms with Crippen LogP contribution in [-0.4, -0.2) is 79.3 Å². The molecule has 0 saturated carbocycles. The third-order valence-corrected chi connectivity index (χ3v) is 7.46. The van der Waals surface area contributed by atoms with Crippen molar-refractivity contribution in [1.29, 1.82) is 0 Å². The molecule has 10 nitrogen and oxygen atoms in total. The number of hydrogen-bond acceptors (Lipinski definition) is 8. The summed E-state index contributed by atoms with van der Waals surface area (Å²) in [7, 11) is 0.